The second-order valence-corrected chi connectivity index (χ2v) is 8.11. The van der Waals surface area contributed by atoms with Crippen molar-refractivity contribution in [2.75, 3.05) is 45.9 Å². The molecule has 1 atom stereocenters. The maximum absolute atomic E-state index is 12.7. The topological polar surface area (TPSA) is 75.0 Å². The molecule has 0 radical (unpaired) electrons. The fraction of sp³-hybridized carbons (Fsp3) is 0.684. The average Bonchev–Trinajstić information content (AvgIpc) is 3.03. The number of nitrogens with zero attached hydrogens (tertiary/aromatic N) is 3. The van der Waals surface area contributed by atoms with Crippen molar-refractivity contribution >= 4 is 11.7 Å². The van der Waals surface area contributed by atoms with E-state index in [2.05, 4.69) is 4.90 Å². The number of rotatable bonds is 4. The standard InChI is InChI=1S/C19H29N3O4/c1-18(2)13-22(17(24)16(23)15-5-4-7-20(15)3)8-6-19(18,25)14-21-9-11-26-12-10-21/h4-5,7,25H,6,8-14H2,1-3H3/t19-/m1/s1. The van der Waals surface area contributed by atoms with Crippen LogP contribution in [0.4, 0.5) is 0 Å². The number of β-amino-alcohol motifs (C(OH)–C–C–N with tert-alkyl or cyclic N) is 1. The first kappa shape index (κ1) is 19.1. The van der Waals surface area contributed by atoms with Crippen molar-refractivity contribution in [3.05, 3.63) is 24.0 Å². The molecule has 0 bridgehead atoms. The Morgan fingerprint density at radius 1 is 1.23 bits per heavy atom. The van der Waals surface area contributed by atoms with Crippen LogP contribution >= 0.6 is 0 Å². The van der Waals surface area contributed by atoms with Crippen molar-refractivity contribution in [2.45, 2.75) is 25.9 Å². The van der Waals surface area contributed by atoms with E-state index < -0.39 is 22.7 Å². The quantitative estimate of drug-likeness (QED) is 0.624. The summed E-state index contributed by atoms with van der Waals surface area (Å²) >= 11 is 0. The third-order valence-electron chi connectivity index (χ3n) is 5.89. The molecule has 0 saturated carbocycles. The lowest BCUT2D eigenvalue weighted by molar-refractivity contribution is -0.154. The highest BCUT2D eigenvalue weighted by Gasteiger charge is 2.50. The third kappa shape index (κ3) is 3.56. The van der Waals surface area contributed by atoms with Crippen molar-refractivity contribution in [3.63, 3.8) is 0 Å². The lowest BCUT2D eigenvalue weighted by Crippen LogP contribution is -2.63. The third-order valence-corrected chi connectivity index (χ3v) is 5.89. The number of aryl methyl sites for hydroxylation is 1. The van der Waals surface area contributed by atoms with Crippen LogP contribution in [0.1, 0.15) is 30.8 Å². The predicted molar refractivity (Wildman–Crippen MR) is 96.9 cm³/mol. The second kappa shape index (κ2) is 7.13. The molecule has 1 amide bonds. The molecule has 2 aliphatic heterocycles. The van der Waals surface area contributed by atoms with Crippen LogP contribution < -0.4 is 0 Å². The molecule has 1 N–H and O–H groups in total. The minimum Gasteiger partial charge on any atom is -0.388 e. The number of hydrogen-bond acceptors (Lipinski definition) is 5. The van der Waals surface area contributed by atoms with Gasteiger partial charge in [0.2, 0.25) is 0 Å². The smallest absolute Gasteiger partial charge is 0.296 e. The average molecular weight is 363 g/mol. The fourth-order valence-electron chi connectivity index (χ4n) is 3.91. The van der Waals surface area contributed by atoms with Crippen LogP contribution in [-0.2, 0) is 16.6 Å². The minimum atomic E-state index is -0.894. The van der Waals surface area contributed by atoms with Gasteiger partial charge in [0, 0.05) is 51.4 Å². The van der Waals surface area contributed by atoms with Crippen LogP contribution in [0.3, 0.4) is 0 Å². The number of carbonyl (C=O) groups excluding carboxylic acids is 2. The summed E-state index contributed by atoms with van der Waals surface area (Å²) in [4.78, 5) is 29.0. The number of carbonyl (C=O) groups is 2. The van der Waals surface area contributed by atoms with E-state index in [0.29, 0.717) is 45.0 Å². The molecule has 1 aromatic rings. The number of amides is 1. The zero-order valence-electron chi connectivity index (χ0n) is 15.9. The Bertz CT molecular complexity index is 678. The number of aromatic nitrogens is 1. The highest BCUT2D eigenvalue weighted by atomic mass is 16.5. The largest absolute Gasteiger partial charge is 0.388 e. The maximum Gasteiger partial charge on any atom is 0.296 e. The summed E-state index contributed by atoms with van der Waals surface area (Å²) in [6.07, 6.45) is 2.21. The first-order chi connectivity index (χ1) is 12.2. The van der Waals surface area contributed by atoms with Gasteiger partial charge in [0.25, 0.3) is 11.7 Å². The molecular formula is C19H29N3O4. The molecule has 2 aliphatic rings. The van der Waals surface area contributed by atoms with Crippen LogP contribution in [0.25, 0.3) is 0 Å². The van der Waals surface area contributed by atoms with Crippen molar-refractivity contribution in [3.8, 4) is 0 Å². The number of ether oxygens (including phenoxy) is 1. The van der Waals surface area contributed by atoms with Crippen LogP contribution in [0.2, 0.25) is 0 Å². The van der Waals surface area contributed by atoms with E-state index in [1.165, 1.54) is 0 Å². The molecule has 1 aromatic heterocycles. The van der Waals surface area contributed by atoms with Gasteiger partial charge in [-0.3, -0.25) is 14.5 Å². The molecule has 2 saturated heterocycles. The van der Waals surface area contributed by atoms with E-state index in [9.17, 15) is 14.7 Å². The van der Waals surface area contributed by atoms with Gasteiger partial charge in [-0.05, 0) is 18.6 Å². The highest BCUT2D eigenvalue weighted by molar-refractivity contribution is 6.42. The van der Waals surface area contributed by atoms with Gasteiger partial charge in [-0.15, -0.1) is 0 Å². The molecule has 7 nitrogen and oxygen atoms in total. The van der Waals surface area contributed by atoms with Gasteiger partial charge in [-0.1, -0.05) is 13.8 Å². The van der Waals surface area contributed by atoms with E-state index in [1.54, 1.807) is 34.8 Å². The Morgan fingerprint density at radius 3 is 2.50 bits per heavy atom. The van der Waals surface area contributed by atoms with Crippen LogP contribution in [0.5, 0.6) is 0 Å². The number of hydrogen-bond donors (Lipinski definition) is 1. The normalized spacial score (nSPS) is 26.7. The van der Waals surface area contributed by atoms with Crippen LogP contribution in [-0.4, -0.2) is 82.7 Å². The summed E-state index contributed by atoms with van der Waals surface area (Å²) in [5.74, 6) is -0.986. The summed E-state index contributed by atoms with van der Waals surface area (Å²) in [6, 6.07) is 3.41. The van der Waals surface area contributed by atoms with Gasteiger partial charge >= 0.3 is 0 Å². The van der Waals surface area contributed by atoms with Crippen molar-refractivity contribution < 1.29 is 19.4 Å². The van der Waals surface area contributed by atoms with Gasteiger partial charge in [0.1, 0.15) is 0 Å². The highest BCUT2D eigenvalue weighted by Crippen LogP contribution is 2.39. The monoisotopic (exact) mass is 363 g/mol. The fourth-order valence-corrected chi connectivity index (χ4v) is 3.91. The number of Topliss-reactive ketones (excluding diaryl/α,β-unsaturated/α-hetero) is 1. The molecule has 144 valence electrons. The lowest BCUT2D eigenvalue weighted by Gasteiger charge is -2.52. The molecular weight excluding hydrogens is 334 g/mol. The number of ketones is 1. The van der Waals surface area contributed by atoms with E-state index in [1.807, 2.05) is 13.8 Å². The molecule has 3 heterocycles. The molecule has 26 heavy (non-hydrogen) atoms. The van der Waals surface area contributed by atoms with Crippen LogP contribution in [0, 0.1) is 5.41 Å². The van der Waals surface area contributed by atoms with E-state index >= 15 is 0 Å². The molecule has 3 rings (SSSR count). The minimum absolute atomic E-state index is 0.364. The summed E-state index contributed by atoms with van der Waals surface area (Å²) in [5.41, 5.74) is -1.01. The Kier molecular flexibility index (Phi) is 5.23. The molecule has 0 aromatic carbocycles. The van der Waals surface area contributed by atoms with Crippen molar-refractivity contribution in [2.24, 2.45) is 12.5 Å². The molecule has 0 aliphatic carbocycles. The van der Waals surface area contributed by atoms with Gasteiger partial charge in [0.05, 0.1) is 24.5 Å². The number of aliphatic hydroxyl groups is 1. The molecule has 7 heteroatoms. The Morgan fingerprint density at radius 2 is 1.92 bits per heavy atom. The molecule has 0 unspecified atom stereocenters. The Balaban J connectivity index is 1.68. The number of piperidine rings is 1. The summed E-state index contributed by atoms with van der Waals surface area (Å²) < 4.78 is 7.03. The zero-order chi connectivity index (χ0) is 18.9. The molecule has 0 spiro atoms. The first-order valence-corrected chi connectivity index (χ1v) is 9.21. The summed E-state index contributed by atoms with van der Waals surface area (Å²) in [7, 11) is 1.75. The SMILES string of the molecule is Cn1cccc1C(=O)C(=O)N1CC[C@@](O)(CN2CCOCC2)C(C)(C)C1. The second-order valence-electron chi connectivity index (χ2n) is 8.11. The summed E-state index contributed by atoms with van der Waals surface area (Å²) in [5, 5.41) is 11.3. The van der Waals surface area contributed by atoms with Crippen molar-refractivity contribution in [1.82, 2.24) is 14.4 Å². The lowest BCUT2D eigenvalue weighted by atomic mass is 9.69. The first-order valence-electron chi connectivity index (χ1n) is 9.21. The Labute approximate surface area is 154 Å². The maximum atomic E-state index is 12.7. The molecule has 2 fully saturated rings. The van der Waals surface area contributed by atoms with Gasteiger partial charge in [-0.2, -0.15) is 0 Å². The number of likely N-dealkylation sites (tertiary alicyclic amines) is 1. The Hall–Kier alpha value is -1.70. The predicted octanol–water partition coefficient (Wildman–Crippen LogP) is 0.530. The van der Waals surface area contributed by atoms with Crippen LogP contribution in [0.15, 0.2) is 18.3 Å². The van der Waals surface area contributed by atoms with Gasteiger partial charge in [0.15, 0.2) is 0 Å². The van der Waals surface area contributed by atoms with E-state index in [-0.39, 0.29) is 0 Å². The van der Waals surface area contributed by atoms with E-state index in [0.717, 1.165) is 13.1 Å². The summed E-state index contributed by atoms with van der Waals surface area (Å²) in [6.45, 7) is 8.26. The van der Waals surface area contributed by atoms with Gasteiger partial charge < -0.3 is 19.3 Å². The zero-order valence-corrected chi connectivity index (χ0v) is 15.9. The van der Waals surface area contributed by atoms with Crippen molar-refractivity contribution in [1.29, 1.82) is 0 Å². The number of morpholine rings is 1. The van der Waals surface area contributed by atoms with E-state index in [4.69, 9.17) is 4.74 Å². The van der Waals surface area contributed by atoms with Gasteiger partial charge in [-0.25, -0.2) is 0 Å².